The summed E-state index contributed by atoms with van der Waals surface area (Å²) in [5.41, 5.74) is 4.15. The predicted molar refractivity (Wildman–Crippen MR) is 67.2 cm³/mol. The number of rotatable bonds is 0. The van der Waals surface area contributed by atoms with Gasteiger partial charge in [-0.2, -0.15) is 0 Å². The molecule has 3 rings (SSSR count). The first-order valence-electron chi connectivity index (χ1n) is 5.74. The van der Waals surface area contributed by atoms with E-state index in [-0.39, 0.29) is 1.43 Å². The Morgan fingerprint density at radius 1 is 1.20 bits per heavy atom. The van der Waals surface area contributed by atoms with Crippen LogP contribution in [0.1, 0.15) is 26.5 Å². The molecule has 0 fully saturated rings. The van der Waals surface area contributed by atoms with Gasteiger partial charge in [-0.3, -0.25) is 0 Å². The number of hydrogen-bond donors (Lipinski definition) is 2. The average Bonchev–Trinajstić information content (AvgIpc) is 2.70. The maximum absolute atomic E-state index is 3.48. The van der Waals surface area contributed by atoms with Crippen molar-refractivity contribution in [1.29, 1.82) is 0 Å². The summed E-state index contributed by atoms with van der Waals surface area (Å²) in [6.45, 7) is 6.11. The maximum Gasteiger partial charge on any atom is 0.0459 e. The minimum absolute atomic E-state index is 0. The summed E-state index contributed by atoms with van der Waals surface area (Å²) >= 11 is 0. The third-order valence-electron chi connectivity index (χ3n) is 2.76. The largest absolute Gasteiger partial charge is 0.358 e. The van der Waals surface area contributed by atoms with Crippen molar-refractivity contribution in [1.82, 2.24) is 10.3 Å². The maximum atomic E-state index is 3.48. The molecule has 2 heteroatoms. The molecule has 0 radical (unpaired) electrons. The molecule has 1 aromatic carbocycles. The van der Waals surface area contributed by atoms with Crippen LogP contribution in [0, 0.1) is 0 Å². The van der Waals surface area contributed by atoms with Gasteiger partial charge in [0.1, 0.15) is 0 Å². The fraction of sp³-hybridized carbons (Fsp3) is 0.385. The SMILES string of the molecule is CC.[HH].c1ccc2c3c([nH]c2c1)CCNC3. The van der Waals surface area contributed by atoms with E-state index in [1.54, 1.807) is 0 Å². The normalized spacial score (nSPS) is 14.3. The predicted octanol–water partition coefficient (Wildman–Crippen LogP) is 3.09. The molecule has 1 aliphatic rings. The van der Waals surface area contributed by atoms with Gasteiger partial charge in [0.15, 0.2) is 0 Å². The first kappa shape index (κ1) is 10.2. The lowest BCUT2D eigenvalue weighted by Gasteiger charge is -2.12. The van der Waals surface area contributed by atoms with E-state index in [4.69, 9.17) is 0 Å². The van der Waals surface area contributed by atoms with Crippen molar-refractivity contribution >= 4 is 10.9 Å². The summed E-state index contributed by atoms with van der Waals surface area (Å²) in [7, 11) is 0. The van der Waals surface area contributed by atoms with Gasteiger partial charge in [-0.05, 0) is 11.6 Å². The van der Waals surface area contributed by atoms with Gasteiger partial charge >= 0.3 is 0 Å². The highest BCUT2D eigenvalue weighted by atomic mass is 14.9. The molecule has 0 spiro atoms. The molecular weight excluding hydrogens is 184 g/mol. The molecule has 1 aliphatic heterocycles. The highest BCUT2D eigenvalue weighted by Crippen LogP contribution is 2.24. The number of benzene rings is 1. The Hall–Kier alpha value is -1.28. The van der Waals surface area contributed by atoms with Crippen LogP contribution in [0.3, 0.4) is 0 Å². The monoisotopic (exact) mass is 204 g/mol. The fourth-order valence-electron chi connectivity index (χ4n) is 2.10. The van der Waals surface area contributed by atoms with E-state index in [0.29, 0.717) is 0 Å². The smallest absolute Gasteiger partial charge is 0.0459 e. The van der Waals surface area contributed by atoms with Gasteiger partial charge in [-0.25, -0.2) is 0 Å². The van der Waals surface area contributed by atoms with Crippen molar-refractivity contribution < 1.29 is 1.43 Å². The molecule has 0 amide bonds. The molecule has 0 bridgehead atoms. The highest BCUT2D eigenvalue weighted by molar-refractivity contribution is 5.84. The van der Waals surface area contributed by atoms with Crippen molar-refractivity contribution in [3.8, 4) is 0 Å². The quantitative estimate of drug-likeness (QED) is 0.678. The first-order valence-corrected chi connectivity index (χ1v) is 5.74. The zero-order valence-corrected chi connectivity index (χ0v) is 9.43. The third-order valence-corrected chi connectivity index (χ3v) is 2.76. The molecule has 15 heavy (non-hydrogen) atoms. The Morgan fingerprint density at radius 3 is 2.87 bits per heavy atom. The first-order chi connectivity index (χ1) is 7.45. The topological polar surface area (TPSA) is 27.8 Å². The second kappa shape index (κ2) is 4.49. The number of hydrogen-bond acceptors (Lipinski definition) is 1. The van der Waals surface area contributed by atoms with Crippen LogP contribution in [-0.4, -0.2) is 11.5 Å². The highest BCUT2D eigenvalue weighted by Gasteiger charge is 2.13. The second-order valence-electron chi connectivity index (χ2n) is 3.55. The minimum Gasteiger partial charge on any atom is -0.358 e. The summed E-state index contributed by atoms with van der Waals surface area (Å²) in [4.78, 5) is 3.48. The standard InChI is InChI=1S/C11H12N2.C2H6.H2/c1-2-4-10-8(3-1)9-7-12-6-5-11(9)13-10;1-2;/h1-4,12-13H,5-7H2;1-2H3;1H. The lowest BCUT2D eigenvalue weighted by atomic mass is 10.1. The van der Waals surface area contributed by atoms with Gasteiger partial charge in [0.05, 0.1) is 0 Å². The van der Waals surface area contributed by atoms with Crippen molar-refractivity contribution in [3.05, 3.63) is 35.5 Å². The van der Waals surface area contributed by atoms with Crippen molar-refractivity contribution in [2.24, 2.45) is 0 Å². The van der Waals surface area contributed by atoms with E-state index in [2.05, 4.69) is 34.6 Å². The lowest BCUT2D eigenvalue weighted by molar-refractivity contribution is 0.641. The molecule has 0 atom stereocenters. The van der Waals surface area contributed by atoms with Crippen LogP contribution in [0.15, 0.2) is 24.3 Å². The molecular formula is C13H20N2. The summed E-state index contributed by atoms with van der Waals surface area (Å²) in [5, 5.41) is 4.78. The van der Waals surface area contributed by atoms with E-state index >= 15 is 0 Å². The second-order valence-corrected chi connectivity index (χ2v) is 3.55. The van der Waals surface area contributed by atoms with E-state index < -0.39 is 0 Å². The number of aromatic amines is 1. The van der Waals surface area contributed by atoms with Crippen LogP contribution in [0.4, 0.5) is 0 Å². The number of H-pyrrole nitrogens is 1. The van der Waals surface area contributed by atoms with Gasteiger partial charge in [-0.1, -0.05) is 32.0 Å². The van der Waals surface area contributed by atoms with Crippen molar-refractivity contribution in [3.63, 3.8) is 0 Å². The Labute approximate surface area is 92.2 Å². The molecule has 2 heterocycles. The molecule has 2 N–H and O–H groups in total. The molecule has 2 aromatic rings. The van der Waals surface area contributed by atoms with E-state index in [0.717, 1.165) is 19.5 Å². The van der Waals surface area contributed by atoms with Crippen molar-refractivity contribution in [2.75, 3.05) is 6.54 Å². The van der Waals surface area contributed by atoms with Crippen LogP contribution in [0.25, 0.3) is 10.9 Å². The lowest BCUT2D eigenvalue weighted by Crippen LogP contribution is -2.22. The third kappa shape index (κ3) is 1.77. The minimum atomic E-state index is 0. The number of nitrogens with one attached hydrogen (secondary N) is 2. The summed E-state index contributed by atoms with van der Waals surface area (Å²) in [6.07, 6.45) is 1.13. The van der Waals surface area contributed by atoms with Crippen LogP contribution in [0.5, 0.6) is 0 Å². The molecule has 1 aromatic heterocycles. The summed E-state index contributed by atoms with van der Waals surface area (Å²) in [6, 6.07) is 8.52. The fourth-order valence-corrected chi connectivity index (χ4v) is 2.10. The Bertz CT molecular complexity index is 448. The number of para-hydroxylation sites is 1. The average molecular weight is 204 g/mol. The van der Waals surface area contributed by atoms with Gasteiger partial charge in [0.25, 0.3) is 0 Å². The van der Waals surface area contributed by atoms with Crippen molar-refractivity contribution in [2.45, 2.75) is 26.8 Å². The van der Waals surface area contributed by atoms with E-state index in [1.807, 2.05) is 13.8 Å². The number of aromatic nitrogens is 1. The molecule has 0 saturated heterocycles. The van der Waals surface area contributed by atoms with E-state index in [1.165, 1.54) is 22.2 Å². The van der Waals surface area contributed by atoms with Crippen LogP contribution in [-0.2, 0) is 13.0 Å². The van der Waals surface area contributed by atoms with Gasteiger partial charge in [0.2, 0.25) is 0 Å². The summed E-state index contributed by atoms with van der Waals surface area (Å²) < 4.78 is 0. The van der Waals surface area contributed by atoms with Crippen LogP contribution >= 0.6 is 0 Å². The molecule has 0 saturated carbocycles. The Morgan fingerprint density at radius 2 is 2.00 bits per heavy atom. The van der Waals surface area contributed by atoms with Gasteiger partial charge in [-0.15, -0.1) is 0 Å². The molecule has 2 nitrogen and oxygen atoms in total. The summed E-state index contributed by atoms with van der Waals surface area (Å²) in [5.74, 6) is 0. The molecule has 0 aliphatic carbocycles. The Kier molecular flexibility index (Phi) is 3.07. The zero-order chi connectivity index (χ0) is 10.7. The Balaban J connectivity index is 0.000000406. The van der Waals surface area contributed by atoms with Crippen LogP contribution < -0.4 is 5.32 Å². The van der Waals surface area contributed by atoms with Crippen LogP contribution in [0.2, 0.25) is 0 Å². The molecule has 82 valence electrons. The zero-order valence-electron chi connectivity index (χ0n) is 9.43. The van der Waals surface area contributed by atoms with Gasteiger partial charge < -0.3 is 10.3 Å². The van der Waals surface area contributed by atoms with E-state index in [9.17, 15) is 0 Å². The number of fused-ring (bicyclic) bond motifs is 3. The molecule has 0 unspecified atom stereocenters. The van der Waals surface area contributed by atoms with Gasteiger partial charge in [0, 0.05) is 37.5 Å².